The number of nitrogens with two attached hydrogens (primary N) is 1. The first-order valence-electron chi connectivity index (χ1n) is 5.92. The van der Waals surface area contributed by atoms with Crippen molar-refractivity contribution in [2.75, 3.05) is 0 Å². The van der Waals surface area contributed by atoms with Gasteiger partial charge in [0.2, 0.25) is 0 Å². The molecule has 17 heavy (non-hydrogen) atoms. The SMILES string of the molecule is NC1(C(F)(F)c2cccc(O)c2)CCCCC1. The van der Waals surface area contributed by atoms with Crippen LogP contribution in [-0.2, 0) is 5.92 Å². The highest BCUT2D eigenvalue weighted by Gasteiger charge is 2.52. The summed E-state index contributed by atoms with van der Waals surface area (Å²) in [6.45, 7) is 0. The molecule has 4 heteroatoms. The van der Waals surface area contributed by atoms with Crippen molar-refractivity contribution in [2.24, 2.45) is 5.73 Å². The molecule has 1 aromatic rings. The molecule has 2 nitrogen and oxygen atoms in total. The van der Waals surface area contributed by atoms with E-state index in [0.29, 0.717) is 12.8 Å². The Bertz CT molecular complexity index is 400. The van der Waals surface area contributed by atoms with Crippen LogP contribution in [0.15, 0.2) is 24.3 Å². The molecular weight excluding hydrogens is 224 g/mol. The summed E-state index contributed by atoms with van der Waals surface area (Å²) in [5.41, 5.74) is 4.22. The van der Waals surface area contributed by atoms with E-state index < -0.39 is 11.5 Å². The van der Waals surface area contributed by atoms with E-state index >= 15 is 0 Å². The number of rotatable bonds is 2. The Morgan fingerprint density at radius 3 is 2.41 bits per heavy atom. The van der Waals surface area contributed by atoms with E-state index in [0.717, 1.165) is 25.3 Å². The van der Waals surface area contributed by atoms with Gasteiger partial charge in [0.25, 0.3) is 5.92 Å². The number of benzene rings is 1. The molecule has 1 aliphatic carbocycles. The minimum atomic E-state index is -3.09. The first kappa shape index (κ1) is 12.3. The Kier molecular flexibility index (Phi) is 3.08. The molecule has 0 unspecified atom stereocenters. The van der Waals surface area contributed by atoms with Crippen molar-refractivity contribution in [1.82, 2.24) is 0 Å². The van der Waals surface area contributed by atoms with Crippen molar-refractivity contribution in [2.45, 2.75) is 43.6 Å². The zero-order valence-corrected chi connectivity index (χ0v) is 9.63. The fourth-order valence-electron chi connectivity index (χ4n) is 2.49. The Morgan fingerprint density at radius 2 is 1.82 bits per heavy atom. The van der Waals surface area contributed by atoms with Crippen LogP contribution >= 0.6 is 0 Å². The highest BCUT2D eigenvalue weighted by atomic mass is 19.3. The van der Waals surface area contributed by atoms with Crippen molar-refractivity contribution in [3.8, 4) is 5.75 Å². The molecule has 1 aromatic carbocycles. The molecule has 0 aliphatic heterocycles. The monoisotopic (exact) mass is 241 g/mol. The lowest BCUT2D eigenvalue weighted by Gasteiger charge is -2.40. The minimum Gasteiger partial charge on any atom is -0.508 e. The Balaban J connectivity index is 2.34. The third-order valence-electron chi connectivity index (χ3n) is 3.58. The van der Waals surface area contributed by atoms with Gasteiger partial charge in [-0.15, -0.1) is 0 Å². The van der Waals surface area contributed by atoms with Crippen LogP contribution in [0, 0.1) is 0 Å². The van der Waals surface area contributed by atoms with Gasteiger partial charge in [-0.1, -0.05) is 31.4 Å². The summed E-state index contributed by atoms with van der Waals surface area (Å²) in [5, 5.41) is 9.28. The molecule has 3 N–H and O–H groups in total. The van der Waals surface area contributed by atoms with E-state index in [1.54, 1.807) is 0 Å². The summed E-state index contributed by atoms with van der Waals surface area (Å²) in [6, 6.07) is 5.22. The molecule has 2 rings (SSSR count). The van der Waals surface area contributed by atoms with Crippen LogP contribution in [0.4, 0.5) is 8.78 Å². The Labute approximate surface area is 99.4 Å². The van der Waals surface area contributed by atoms with Crippen molar-refractivity contribution in [1.29, 1.82) is 0 Å². The lowest BCUT2D eigenvalue weighted by atomic mass is 9.75. The van der Waals surface area contributed by atoms with Gasteiger partial charge in [-0.25, -0.2) is 0 Å². The minimum absolute atomic E-state index is 0.151. The van der Waals surface area contributed by atoms with Crippen molar-refractivity contribution in [3.05, 3.63) is 29.8 Å². The molecule has 0 heterocycles. The largest absolute Gasteiger partial charge is 0.508 e. The van der Waals surface area contributed by atoms with Gasteiger partial charge in [-0.2, -0.15) is 8.78 Å². The predicted molar refractivity (Wildman–Crippen MR) is 62.0 cm³/mol. The maximum atomic E-state index is 14.4. The standard InChI is InChI=1S/C13H17F2NO/c14-13(15,10-5-4-6-11(17)9-10)12(16)7-2-1-3-8-12/h4-6,9,17H,1-3,7-8,16H2. The summed E-state index contributed by atoms with van der Waals surface area (Å²) >= 11 is 0. The third kappa shape index (κ3) is 2.14. The average molecular weight is 241 g/mol. The van der Waals surface area contributed by atoms with E-state index in [2.05, 4.69) is 0 Å². The maximum Gasteiger partial charge on any atom is 0.290 e. The molecule has 0 bridgehead atoms. The summed E-state index contributed by atoms with van der Waals surface area (Å²) in [7, 11) is 0. The van der Waals surface area contributed by atoms with Crippen LogP contribution < -0.4 is 5.73 Å². The van der Waals surface area contributed by atoms with E-state index in [1.807, 2.05) is 0 Å². The third-order valence-corrected chi connectivity index (χ3v) is 3.58. The Hall–Kier alpha value is -1.16. The van der Waals surface area contributed by atoms with Gasteiger partial charge in [-0.05, 0) is 25.0 Å². The van der Waals surface area contributed by atoms with Crippen LogP contribution in [0.5, 0.6) is 5.75 Å². The van der Waals surface area contributed by atoms with Gasteiger partial charge >= 0.3 is 0 Å². The van der Waals surface area contributed by atoms with Crippen molar-refractivity contribution < 1.29 is 13.9 Å². The zero-order valence-electron chi connectivity index (χ0n) is 9.63. The number of aromatic hydroxyl groups is 1. The summed E-state index contributed by atoms with van der Waals surface area (Å²) < 4.78 is 28.7. The fourth-order valence-corrected chi connectivity index (χ4v) is 2.49. The van der Waals surface area contributed by atoms with Crippen LogP contribution in [0.1, 0.15) is 37.7 Å². The number of phenols is 1. The smallest absolute Gasteiger partial charge is 0.290 e. The number of phenolic OH excluding ortho intramolecular Hbond substituents is 1. The van der Waals surface area contributed by atoms with E-state index in [9.17, 15) is 13.9 Å². The second-order valence-electron chi connectivity index (χ2n) is 4.84. The number of hydrogen-bond acceptors (Lipinski definition) is 2. The van der Waals surface area contributed by atoms with Crippen LogP contribution in [-0.4, -0.2) is 10.6 Å². The predicted octanol–water partition coefficient (Wildman–Crippen LogP) is 3.15. The summed E-state index contributed by atoms with van der Waals surface area (Å²) in [4.78, 5) is 0. The fraction of sp³-hybridized carbons (Fsp3) is 0.538. The van der Waals surface area contributed by atoms with Crippen LogP contribution in [0.25, 0.3) is 0 Å². The molecule has 94 valence electrons. The molecular formula is C13H17F2NO. The first-order valence-corrected chi connectivity index (χ1v) is 5.92. The van der Waals surface area contributed by atoms with Gasteiger partial charge in [-0.3, -0.25) is 0 Å². The van der Waals surface area contributed by atoms with Crippen LogP contribution in [0.3, 0.4) is 0 Å². The lowest BCUT2D eigenvalue weighted by Crippen LogP contribution is -2.54. The quantitative estimate of drug-likeness (QED) is 0.835. The lowest BCUT2D eigenvalue weighted by molar-refractivity contribution is -0.0955. The second kappa shape index (κ2) is 4.26. The van der Waals surface area contributed by atoms with Gasteiger partial charge in [0.05, 0.1) is 5.54 Å². The molecule has 1 fully saturated rings. The molecule has 0 aromatic heterocycles. The first-order chi connectivity index (χ1) is 7.96. The molecule has 0 spiro atoms. The molecule has 0 saturated heterocycles. The summed E-state index contributed by atoms with van der Waals surface area (Å²) in [6.07, 6.45) is 3.11. The maximum absolute atomic E-state index is 14.4. The normalized spacial score (nSPS) is 20.2. The Morgan fingerprint density at radius 1 is 1.18 bits per heavy atom. The van der Waals surface area contributed by atoms with Crippen LogP contribution in [0.2, 0.25) is 0 Å². The molecule has 0 radical (unpaired) electrons. The zero-order chi connectivity index (χ0) is 12.5. The van der Waals surface area contributed by atoms with Gasteiger partial charge in [0.1, 0.15) is 5.75 Å². The molecule has 1 aliphatic rings. The van der Waals surface area contributed by atoms with Crippen molar-refractivity contribution in [3.63, 3.8) is 0 Å². The second-order valence-corrected chi connectivity index (χ2v) is 4.84. The molecule has 0 amide bonds. The van der Waals surface area contributed by atoms with Crippen molar-refractivity contribution >= 4 is 0 Å². The van der Waals surface area contributed by atoms with Gasteiger partial charge in [0.15, 0.2) is 0 Å². The highest BCUT2D eigenvalue weighted by Crippen LogP contribution is 2.45. The number of hydrogen-bond donors (Lipinski definition) is 2. The van der Waals surface area contributed by atoms with E-state index in [1.165, 1.54) is 18.2 Å². The van der Waals surface area contributed by atoms with E-state index in [-0.39, 0.29) is 11.3 Å². The summed E-state index contributed by atoms with van der Waals surface area (Å²) in [5.74, 6) is -3.24. The number of alkyl halides is 2. The van der Waals surface area contributed by atoms with E-state index in [4.69, 9.17) is 5.73 Å². The topological polar surface area (TPSA) is 46.2 Å². The highest BCUT2D eigenvalue weighted by molar-refractivity contribution is 5.32. The molecule has 1 saturated carbocycles. The molecule has 0 atom stereocenters. The van der Waals surface area contributed by atoms with Gasteiger partial charge in [0, 0.05) is 5.56 Å². The average Bonchev–Trinajstić information content (AvgIpc) is 2.30. The van der Waals surface area contributed by atoms with Gasteiger partial charge < -0.3 is 10.8 Å². The number of halogens is 2.